The van der Waals surface area contributed by atoms with Crippen molar-refractivity contribution in [3.8, 4) is 0 Å². The highest BCUT2D eigenvalue weighted by atomic mass is 16.5. The molecule has 0 radical (unpaired) electrons. The van der Waals surface area contributed by atoms with Crippen molar-refractivity contribution in [3.05, 3.63) is 45.7 Å². The normalized spacial score (nSPS) is 19.0. The van der Waals surface area contributed by atoms with Gasteiger partial charge >= 0.3 is 0 Å². The molecule has 1 unspecified atom stereocenters. The van der Waals surface area contributed by atoms with Crippen LogP contribution < -0.4 is 10.9 Å². The minimum atomic E-state index is -0.176. The third kappa shape index (κ3) is 3.52. The van der Waals surface area contributed by atoms with E-state index in [-0.39, 0.29) is 30.8 Å². The van der Waals surface area contributed by atoms with Crippen LogP contribution in [0.25, 0.3) is 10.9 Å². The second-order valence-electron chi connectivity index (χ2n) is 7.02. The number of para-hydroxylation sites is 1. The van der Waals surface area contributed by atoms with Crippen molar-refractivity contribution < 1.29 is 14.3 Å². The molecule has 0 aliphatic carbocycles. The largest absolute Gasteiger partial charge is 0.376 e. The van der Waals surface area contributed by atoms with Crippen LogP contribution in [0.3, 0.4) is 0 Å². The van der Waals surface area contributed by atoms with Gasteiger partial charge in [-0.15, -0.1) is 0 Å². The first-order valence-corrected chi connectivity index (χ1v) is 9.33. The molecule has 6 nitrogen and oxygen atoms in total. The Kier molecular flexibility index (Phi) is 5.04. The summed E-state index contributed by atoms with van der Waals surface area (Å²) in [5.41, 5.74) is 2.86. The van der Waals surface area contributed by atoms with E-state index in [0.717, 1.165) is 49.7 Å². The van der Waals surface area contributed by atoms with Gasteiger partial charge in [0.2, 0.25) is 5.91 Å². The lowest BCUT2D eigenvalue weighted by Gasteiger charge is -2.20. The molecule has 6 heteroatoms. The molecule has 0 saturated carbocycles. The van der Waals surface area contributed by atoms with E-state index < -0.39 is 0 Å². The Morgan fingerprint density at radius 1 is 1.35 bits per heavy atom. The number of benzene rings is 1. The van der Waals surface area contributed by atoms with Gasteiger partial charge < -0.3 is 19.4 Å². The van der Waals surface area contributed by atoms with Crippen LogP contribution in [0, 0.1) is 0 Å². The molecule has 0 bridgehead atoms. The predicted octanol–water partition coefficient (Wildman–Crippen LogP) is 1.76. The SMILES string of the molecule is O=C(COCc1cc2cccc3c2n(c1=O)CCC3)NCC1CCCO1. The number of rotatable bonds is 6. The number of nitrogens with one attached hydrogen (secondary N) is 1. The number of amides is 1. The van der Waals surface area contributed by atoms with Gasteiger partial charge in [0, 0.05) is 25.3 Å². The molecule has 1 saturated heterocycles. The quantitative estimate of drug-likeness (QED) is 0.856. The molecular weight excluding hydrogens is 332 g/mol. The van der Waals surface area contributed by atoms with Gasteiger partial charge in [-0.2, -0.15) is 0 Å². The molecule has 26 heavy (non-hydrogen) atoms. The van der Waals surface area contributed by atoms with Crippen LogP contribution in [0.2, 0.25) is 0 Å². The van der Waals surface area contributed by atoms with Crippen molar-refractivity contribution >= 4 is 16.8 Å². The maximum Gasteiger partial charge on any atom is 0.256 e. The van der Waals surface area contributed by atoms with E-state index in [9.17, 15) is 9.59 Å². The molecular formula is C20H24N2O4. The Morgan fingerprint density at radius 2 is 2.27 bits per heavy atom. The van der Waals surface area contributed by atoms with Gasteiger partial charge in [0.25, 0.3) is 5.56 Å². The average Bonchev–Trinajstić information content (AvgIpc) is 3.17. The summed E-state index contributed by atoms with van der Waals surface area (Å²) in [6.07, 6.45) is 4.14. The maximum absolute atomic E-state index is 12.7. The Hall–Kier alpha value is -2.18. The number of pyridine rings is 1. The summed E-state index contributed by atoms with van der Waals surface area (Å²) in [7, 11) is 0. The standard InChI is InChI=1S/C20H24N2O4/c23-18(21-11-17-7-3-9-26-17)13-25-12-16-10-15-5-1-4-14-6-2-8-22(19(14)15)20(16)24/h1,4-5,10,17H,2-3,6-9,11-13H2,(H,21,23). The number of carbonyl (C=O) groups is 1. The summed E-state index contributed by atoms with van der Waals surface area (Å²) in [5, 5.41) is 3.88. The van der Waals surface area contributed by atoms with Crippen LogP contribution in [-0.2, 0) is 33.8 Å². The lowest BCUT2D eigenvalue weighted by atomic mass is 10.0. The minimum absolute atomic E-state index is 0.00980. The molecule has 4 rings (SSSR count). The van der Waals surface area contributed by atoms with Crippen molar-refractivity contribution in [2.24, 2.45) is 0 Å². The molecule has 1 fully saturated rings. The van der Waals surface area contributed by atoms with Crippen molar-refractivity contribution in [1.29, 1.82) is 0 Å². The van der Waals surface area contributed by atoms with Crippen LogP contribution >= 0.6 is 0 Å². The molecule has 1 aromatic heterocycles. The summed E-state index contributed by atoms with van der Waals surface area (Å²) in [4.78, 5) is 24.6. The fraction of sp³-hybridized carbons (Fsp3) is 0.500. The zero-order chi connectivity index (χ0) is 17.9. The second kappa shape index (κ2) is 7.60. The van der Waals surface area contributed by atoms with Crippen molar-refractivity contribution in [1.82, 2.24) is 9.88 Å². The van der Waals surface area contributed by atoms with Gasteiger partial charge in [-0.05, 0) is 42.7 Å². The molecule has 1 aromatic carbocycles. The number of hydrogen-bond donors (Lipinski definition) is 1. The Morgan fingerprint density at radius 3 is 3.12 bits per heavy atom. The number of hydrogen-bond acceptors (Lipinski definition) is 4. The first kappa shape index (κ1) is 17.2. The van der Waals surface area contributed by atoms with Gasteiger partial charge in [-0.1, -0.05) is 18.2 Å². The molecule has 1 N–H and O–H groups in total. The fourth-order valence-electron chi connectivity index (χ4n) is 3.87. The van der Waals surface area contributed by atoms with Crippen molar-refractivity contribution in [2.75, 3.05) is 19.8 Å². The maximum atomic E-state index is 12.7. The zero-order valence-electron chi connectivity index (χ0n) is 14.8. The summed E-state index contributed by atoms with van der Waals surface area (Å²) < 4.78 is 12.8. The van der Waals surface area contributed by atoms with Gasteiger partial charge in [0.05, 0.1) is 18.2 Å². The molecule has 0 spiro atoms. The van der Waals surface area contributed by atoms with Gasteiger partial charge in [-0.25, -0.2) is 0 Å². The van der Waals surface area contributed by atoms with E-state index in [2.05, 4.69) is 11.4 Å². The molecule has 2 aliphatic heterocycles. The monoisotopic (exact) mass is 356 g/mol. The van der Waals surface area contributed by atoms with Crippen LogP contribution in [-0.4, -0.2) is 36.3 Å². The highest BCUT2D eigenvalue weighted by Gasteiger charge is 2.17. The number of aryl methyl sites for hydroxylation is 2. The van der Waals surface area contributed by atoms with E-state index in [0.29, 0.717) is 12.1 Å². The van der Waals surface area contributed by atoms with E-state index in [1.54, 1.807) is 0 Å². The highest BCUT2D eigenvalue weighted by molar-refractivity contribution is 5.83. The first-order valence-electron chi connectivity index (χ1n) is 9.33. The number of ether oxygens (including phenoxy) is 2. The van der Waals surface area contributed by atoms with Crippen LogP contribution in [0.15, 0.2) is 29.1 Å². The smallest absolute Gasteiger partial charge is 0.256 e. The van der Waals surface area contributed by atoms with Gasteiger partial charge in [0.1, 0.15) is 6.61 Å². The Labute approximate surface area is 152 Å². The Balaban J connectivity index is 1.39. The van der Waals surface area contributed by atoms with E-state index in [1.165, 1.54) is 5.56 Å². The molecule has 3 heterocycles. The van der Waals surface area contributed by atoms with Crippen LogP contribution in [0.4, 0.5) is 0 Å². The second-order valence-corrected chi connectivity index (χ2v) is 7.02. The molecule has 1 atom stereocenters. The summed E-state index contributed by atoms with van der Waals surface area (Å²) >= 11 is 0. The fourth-order valence-corrected chi connectivity index (χ4v) is 3.87. The molecule has 2 aliphatic rings. The van der Waals surface area contributed by atoms with Crippen LogP contribution in [0.1, 0.15) is 30.4 Å². The lowest BCUT2D eigenvalue weighted by Crippen LogP contribution is -2.34. The number of nitrogens with zero attached hydrogens (tertiary/aromatic N) is 1. The highest BCUT2D eigenvalue weighted by Crippen LogP contribution is 2.24. The van der Waals surface area contributed by atoms with Crippen molar-refractivity contribution in [2.45, 2.75) is 44.9 Å². The van der Waals surface area contributed by atoms with E-state index in [4.69, 9.17) is 9.47 Å². The van der Waals surface area contributed by atoms with Crippen molar-refractivity contribution in [3.63, 3.8) is 0 Å². The zero-order valence-corrected chi connectivity index (χ0v) is 14.8. The Bertz CT molecular complexity index is 868. The molecule has 2 aromatic rings. The third-order valence-electron chi connectivity index (χ3n) is 5.14. The topological polar surface area (TPSA) is 69.6 Å². The minimum Gasteiger partial charge on any atom is -0.376 e. The lowest BCUT2D eigenvalue weighted by molar-refractivity contribution is -0.126. The molecule has 1 amide bonds. The summed E-state index contributed by atoms with van der Waals surface area (Å²) in [6.45, 7) is 2.12. The summed E-state index contributed by atoms with van der Waals surface area (Å²) in [6, 6.07) is 8.04. The first-order chi connectivity index (χ1) is 12.7. The van der Waals surface area contributed by atoms with E-state index in [1.807, 2.05) is 22.8 Å². The number of carbonyl (C=O) groups excluding carboxylic acids is 1. The van der Waals surface area contributed by atoms with Crippen LogP contribution in [0.5, 0.6) is 0 Å². The van der Waals surface area contributed by atoms with Gasteiger partial charge in [0.15, 0.2) is 0 Å². The van der Waals surface area contributed by atoms with E-state index >= 15 is 0 Å². The summed E-state index contributed by atoms with van der Waals surface area (Å²) in [5.74, 6) is -0.176. The molecule has 138 valence electrons. The third-order valence-corrected chi connectivity index (χ3v) is 5.14. The predicted molar refractivity (Wildman–Crippen MR) is 98.2 cm³/mol. The number of aromatic nitrogens is 1. The van der Waals surface area contributed by atoms with Gasteiger partial charge in [-0.3, -0.25) is 9.59 Å². The average molecular weight is 356 g/mol.